The lowest BCUT2D eigenvalue weighted by atomic mass is 9.93. The summed E-state index contributed by atoms with van der Waals surface area (Å²) in [5, 5.41) is 3.37. The fourth-order valence-corrected chi connectivity index (χ4v) is 4.69. The molecule has 0 radical (unpaired) electrons. The van der Waals surface area contributed by atoms with E-state index >= 15 is 0 Å². The summed E-state index contributed by atoms with van der Waals surface area (Å²) >= 11 is 0. The highest BCUT2D eigenvalue weighted by Gasteiger charge is 2.26. The smallest absolute Gasteiger partial charge is 0.272 e. The van der Waals surface area contributed by atoms with Gasteiger partial charge in [0.15, 0.2) is 0 Å². The Morgan fingerprint density at radius 1 is 1.11 bits per heavy atom. The maximum absolute atomic E-state index is 13.0. The average molecular weight is 393 g/mol. The summed E-state index contributed by atoms with van der Waals surface area (Å²) in [6, 6.07) is 12.6. The number of sulfonamides is 1. The first kappa shape index (κ1) is 21.2. The average Bonchev–Trinajstić information content (AvgIpc) is 2.61. The molecule has 0 bridgehead atoms. The van der Waals surface area contributed by atoms with Crippen LogP contribution in [-0.4, -0.2) is 42.1 Å². The number of rotatable bonds is 9. The SMILES string of the molecule is CCN(c1ccccc1)S(=O)(=O)c1ccc(NCC(C)(C)C[NH+](C)C)[nH+]c1. The van der Waals surface area contributed by atoms with Gasteiger partial charge in [0.2, 0.25) is 0 Å². The number of nitrogens with one attached hydrogen (secondary N) is 3. The normalized spacial score (nSPS) is 12.2. The van der Waals surface area contributed by atoms with E-state index in [4.69, 9.17) is 0 Å². The molecule has 0 atom stereocenters. The number of nitrogens with zero attached hydrogens (tertiary/aromatic N) is 1. The van der Waals surface area contributed by atoms with Gasteiger partial charge in [0.05, 0.1) is 38.3 Å². The third kappa shape index (κ3) is 5.68. The van der Waals surface area contributed by atoms with Gasteiger partial charge in [0, 0.05) is 12.6 Å². The van der Waals surface area contributed by atoms with Crippen molar-refractivity contribution >= 4 is 21.5 Å². The van der Waals surface area contributed by atoms with Crippen molar-refractivity contribution in [1.82, 2.24) is 0 Å². The van der Waals surface area contributed by atoms with Gasteiger partial charge in [-0.2, -0.15) is 0 Å². The van der Waals surface area contributed by atoms with Gasteiger partial charge in [-0.25, -0.2) is 13.4 Å². The molecule has 3 N–H and O–H groups in total. The van der Waals surface area contributed by atoms with E-state index in [1.807, 2.05) is 25.1 Å². The second-order valence-corrected chi connectivity index (χ2v) is 9.71. The third-order valence-electron chi connectivity index (χ3n) is 4.29. The van der Waals surface area contributed by atoms with E-state index in [9.17, 15) is 8.42 Å². The quantitative estimate of drug-likeness (QED) is 0.676. The largest absolute Gasteiger partial charge is 0.339 e. The minimum absolute atomic E-state index is 0.129. The van der Waals surface area contributed by atoms with Gasteiger partial charge in [-0.3, -0.25) is 9.62 Å². The molecule has 0 aliphatic rings. The van der Waals surface area contributed by atoms with E-state index in [2.05, 4.69) is 38.2 Å². The number of H-pyrrole nitrogens is 1. The third-order valence-corrected chi connectivity index (χ3v) is 6.19. The zero-order chi connectivity index (χ0) is 20.1. The standard InChI is InChI=1S/C20H30N4O2S/c1-6-24(17-10-8-7-9-11-17)27(25,26)18-12-13-19(21-14-18)22-15-20(2,3)16-23(4)5/h7-14H,6,15-16H2,1-5H3,(H,21,22)/p+2. The second-order valence-electron chi connectivity index (χ2n) is 7.85. The van der Waals surface area contributed by atoms with E-state index in [0.29, 0.717) is 12.2 Å². The van der Waals surface area contributed by atoms with Crippen molar-refractivity contribution < 1.29 is 18.3 Å². The van der Waals surface area contributed by atoms with Crippen LogP contribution in [0.5, 0.6) is 0 Å². The number of para-hydroxylation sites is 1. The first-order valence-electron chi connectivity index (χ1n) is 9.28. The molecule has 2 rings (SSSR count). The number of quaternary nitrogens is 1. The maximum Gasteiger partial charge on any atom is 0.272 e. The predicted octanol–water partition coefficient (Wildman–Crippen LogP) is 1.30. The van der Waals surface area contributed by atoms with E-state index in [1.54, 1.807) is 30.5 Å². The van der Waals surface area contributed by atoms with Crippen molar-refractivity contribution in [2.24, 2.45) is 5.41 Å². The number of hydrogen-bond acceptors (Lipinski definition) is 3. The molecule has 6 nitrogen and oxygen atoms in total. The summed E-state index contributed by atoms with van der Waals surface area (Å²) in [5.41, 5.74) is 0.791. The lowest BCUT2D eigenvalue weighted by molar-refractivity contribution is -0.865. The number of hydrogen-bond donors (Lipinski definition) is 2. The summed E-state index contributed by atoms with van der Waals surface area (Å²) in [6.07, 6.45) is 1.55. The van der Waals surface area contributed by atoms with Crippen LogP contribution in [0.2, 0.25) is 0 Å². The molecule has 0 aliphatic carbocycles. The molecule has 0 spiro atoms. The highest BCUT2D eigenvalue weighted by Crippen LogP contribution is 2.22. The summed E-state index contributed by atoms with van der Waals surface area (Å²) < 4.78 is 27.4. The fourth-order valence-electron chi connectivity index (χ4n) is 3.25. The molecule has 27 heavy (non-hydrogen) atoms. The van der Waals surface area contributed by atoms with E-state index in [0.717, 1.165) is 18.9 Å². The molecule has 0 amide bonds. The Morgan fingerprint density at radius 3 is 2.30 bits per heavy atom. The van der Waals surface area contributed by atoms with Gasteiger partial charge in [0.1, 0.15) is 11.1 Å². The van der Waals surface area contributed by atoms with Crippen LogP contribution in [0.1, 0.15) is 20.8 Å². The number of aromatic nitrogens is 1. The van der Waals surface area contributed by atoms with Crippen molar-refractivity contribution in [3.05, 3.63) is 48.7 Å². The van der Waals surface area contributed by atoms with Crippen LogP contribution in [0.4, 0.5) is 11.5 Å². The lowest BCUT2D eigenvalue weighted by Gasteiger charge is -2.24. The summed E-state index contributed by atoms with van der Waals surface area (Å²) in [6.45, 7) is 8.46. The Labute approximate surface area is 163 Å². The Hall–Kier alpha value is -2.12. The Balaban J connectivity index is 2.14. The minimum Gasteiger partial charge on any atom is -0.339 e. The molecule has 7 heteroatoms. The second kappa shape index (κ2) is 8.71. The number of pyridine rings is 1. The molecule has 0 saturated heterocycles. The number of benzene rings is 1. The minimum atomic E-state index is -3.61. The van der Waals surface area contributed by atoms with Crippen LogP contribution < -0.4 is 19.5 Å². The van der Waals surface area contributed by atoms with Gasteiger partial charge in [-0.1, -0.05) is 32.0 Å². The van der Waals surface area contributed by atoms with Crippen molar-refractivity contribution in [1.29, 1.82) is 0 Å². The summed E-state index contributed by atoms with van der Waals surface area (Å²) in [4.78, 5) is 4.72. The van der Waals surface area contributed by atoms with Gasteiger partial charge in [0.25, 0.3) is 15.8 Å². The molecule has 1 aromatic carbocycles. The Bertz CT molecular complexity index is 819. The summed E-state index contributed by atoms with van der Waals surface area (Å²) in [7, 11) is 0.668. The van der Waals surface area contributed by atoms with Crippen molar-refractivity contribution in [3.63, 3.8) is 0 Å². The molecule has 148 valence electrons. The molecule has 0 unspecified atom stereocenters. The lowest BCUT2D eigenvalue weighted by Crippen LogP contribution is -3.07. The molecule has 0 saturated carbocycles. The van der Waals surface area contributed by atoms with Crippen LogP contribution in [-0.2, 0) is 10.0 Å². The first-order chi connectivity index (χ1) is 12.7. The monoisotopic (exact) mass is 392 g/mol. The van der Waals surface area contributed by atoms with Crippen molar-refractivity contribution in [2.45, 2.75) is 25.7 Å². The first-order valence-corrected chi connectivity index (χ1v) is 10.7. The molecule has 0 aliphatic heterocycles. The van der Waals surface area contributed by atoms with Crippen LogP contribution in [0.25, 0.3) is 0 Å². The van der Waals surface area contributed by atoms with Gasteiger partial charge >= 0.3 is 0 Å². The molecular formula is C20H32N4O2S+2. The molecule has 0 fully saturated rings. The highest BCUT2D eigenvalue weighted by atomic mass is 32.2. The van der Waals surface area contributed by atoms with Crippen molar-refractivity contribution in [3.8, 4) is 0 Å². The van der Waals surface area contributed by atoms with E-state index in [-0.39, 0.29) is 10.3 Å². The Morgan fingerprint density at radius 2 is 1.78 bits per heavy atom. The van der Waals surface area contributed by atoms with Gasteiger partial charge in [-0.15, -0.1) is 0 Å². The van der Waals surface area contributed by atoms with Crippen molar-refractivity contribution in [2.75, 3.05) is 43.4 Å². The Kier molecular flexibility index (Phi) is 6.84. The fraction of sp³-hybridized carbons (Fsp3) is 0.450. The summed E-state index contributed by atoms with van der Waals surface area (Å²) in [5.74, 6) is 0.804. The van der Waals surface area contributed by atoms with Crippen LogP contribution in [0.3, 0.4) is 0 Å². The van der Waals surface area contributed by atoms with Gasteiger partial charge in [-0.05, 0) is 25.1 Å². The predicted molar refractivity (Wildman–Crippen MR) is 110 cm³/mol. The van der Waals surface area contributed by atoms with Crippen LogP contribution >= 0.6 is 0 Å². The number of anilines is 2. The maximum atomic E-state index is 13.0. The van der Waals surface area contributed by atoms with E-state index < -0.39 is 10.0 Å². The zero-order valence-corrected chi connectivity index (χ0v) is 17.7. The van der Waals surface area contributed by atoms with E-state index in [1.165, 1.54) is 9.21 Å². The molecule has 1 aromatic heterocycles. The molecule has 1 heterocycles. The molecular weight excluding hydrogens is 360 g/mol. The van der Waals surface area contributed by atoms with Crippen LogP contribution in [0, 0.1) is 5.41 Å². The molecule has 2 aromatic rings. The highest BCUT2D eigenvalue weighted by molar-refractivity contribution is 7.92. The van der Waals surface area contributed by atoms with Gasteiger partial charge < -0.3 is 4.90 Å². The number of aromatic amines is 1. The zero-order valence-electron chi connectivity index (χ0n) is 16.9. The topological polar surface area (TPSA) is 68.0 Å². The van der Waals surface area contributed by atoms with Crippen LogP contribution in [0.15, 0.2) is 53.6 Å².